The monoisotopic (exact) mass is 216 g/mol. The van der Waals surface area contributed by atoms with Crippen LogP contribution in [-0.2, 0) is 6.42 Å². The van der Waals surface area contributed by atoms with Gasteiger partial charge < -0.3 is 0 Å². The summed E-state index contributed by atoms with van der Waals surface area (Å²) in [5.74, 6) is 0.852. The highest BCUT2D eigenvalue weighted by Crippen LogP contribution is 2.33. The van der Waals surface area contributed by atoms with Crippen LogP contribution in [0, 0.1) is 0 Å². The first kappa shape index (κ1) is 11.7. The van der Waals surface area contributed by atoms with Gasteiger partial charge in [-0.05, 0) is 42.7 Å². The Kier molecular flexibility index (Phi) is 4.44. The van der Waals surface area contributed by atoms with Crippen molar-refractivity contribution in [2.45, 2.75) is 64.2 Å². The van der Waals surface area contributed by atoms with Crippen LogP contribution in [0.15, 0.2) is 24.3 Å². The smallest absolute Gasteiger partial charge is 0.0159 e. The Balaban J connectivity index is 2.06. The minimum atomic E-state index is 0.852. The highest BCUT2D eigenvalue weighted by Gasteiger charge is 2.17. The molecule has 2 rings (SSSR count). The maximum absolute atomic E-state index is 2.37. The topological polar surface area (TPSA) is 0 Å². The molecule has 0 N–H and O–H groups in total. The van der Waals surface area contributed by atoms with Gasteiger partial charge in [0.1, 0.15) is 0 Å². The zero-order valence-electron chi connectivity index (χ0n) is 10.5. The molecule has 1 aromatic rings. The predicted molar refractivity (Wildman–Crippen MR) is 70.9 cm³/mol. The van der Waals surface area contributed by atoms with Crippen molar-refractivity contribution in [1.82, 2.24) is 0 Å². The molecule has 0 heteroatoms. The molecule has 0 saturated carbocycles. The molecule has 0 aliphatic heterocycles. The fourth-order valence-electron chi connectivity index (χ4n) is 2.96. The highest BCUT2D eigenvalue weighted by atomic mass is 14.2. The molecular weight excluding hydrogens is 192 g/mol. The Morgan fingerprint density at radius 1 is 1.12 bits per heavy atom. The number of benzene rings is 1. The van der Waals surface area contributed by atoms with Gasteiger partial charge in [-0.15, -0.1) is 0 Å². The summed E-state index contributed by atoms with van der Waals surface area (Å²) in [4.78, 5) is 0. The first-order chi connectivity index (χ1) is 7.92. The van der Waals surface area contributed by atoms with E-state index in [2.05, 4.69) is 31.2 Å². The maximum atomic E-state index is 2.37. The van der Waals surface area contributed by atoms with Crippen molar-refractivity contribution in [3.8, 4) is 0 Å². The van der Waals surface area contributed by atoms with Crippen LogP contribution in [0.1, 0.15) is 68.9 Å². The molecule has 0 aromatic heterocycles. The first-order valence-corrected chi connectivity index (χ1v) is 6.99. The Morgan fingerprint density at radius 3 is 2.88 bits per heavy atom. The standard InChI is InChI=1S/C16H24/c1-2-3-4-9-14-10-5-6-11-15-12-7-8-13-16(14)15/h7-8,12-14H,2-6,9-11H2,1H3. The van der Waals surface area contributed by atoms with E-state index in [1.54, 1.807) is 11.1 Å². The second kappa shape index (κ2) is 6.08. The zero-order valence-corrected chi connectivity index (χ0v) is 10.5. The molecule has 0 heterocycles. The quantitative estimate of drug-likeness (QED) is 0.486. The normalized spacial score (nSPS) is 20.2. The third-order valence-corrected chi connectivity index (χ3v) is 3.90. The molecule has 0 fully saturated rings. The van der Waals surface area contributed by atoms with Gasteiger partial charge in [0.15, 0.2) is 0 Å². The van der Waals surface area contributed by atoms with Gasteiger partial charge >= 0.3 is 0 Å². The SMILES string of the molecule is CCCCCC1CCCCc2ccccc21. The molecule has 0 saturated heterocycles. The van der Waals surface area contributed by atoms with Gasteiger partial charge in [0.05, 0.1) is 0 Å². The zero-order chi connectivity index (χ0) is 11.2. The molecule has 16 heavy (non-hydrogen) atoms. The summed E-state index contributed by atoms with van der Waals surface area (Å²) in [5, 5.41) is 0. The van der Waals surface area contributed by atoms with E-state index in [1.807, 2.05) is 0 Å². The van der Waals surface area contributed by atoms with Crippen LogP contribution >= 0.6 is 0 Å². The van der Waals surface area contributed by atoms with Gasteiger partial charge in [-0.1, -0.05) is 56.9 Å². The number of hydrogen-bond donors (Lipinski definition) is 0. The van der Waals surface area contributed by atoms with Crippen molar-refractivity contribution in [2.75, 3.05) is 0 Å². The van der Waals surface area contributed by atoms with Crippen LogP contribution in [0.25, 0.3) is 0 Å². The minimum Gasteiger partial charge on any atom is -0.0654 e. The van der Waals surface area contributed by atoms with E-state index in [4.69, 9.17) is 0 Å². The minimum absolute atomic E-state index is 0.852. The second-order valence-corrected chi connectivity index (χ2v) is 5.14. The molecule has 0 radical (unpaired) electrons. The lowest BCUT2D eigenvalue weighted by Gasteiger charge is -2.17. The van der Waals surface area contributed by atoms with Crippen molar-refractivity contribution >= 4 is 0 Å². The number of rotatable bonds is 4. The van der Waals surface area contributed by atoms with Crippen LogP contribution < -0.4 is 0 Å². The average molecular weight is 216 g/mol. The summed E-state index contributed by atoms with van der Waals surface area (Å²) in [6.45, 7) is 2.29. The molecule has 1 aliphatic rings. The molecule has 88 valence electrons. The largest absolute Gasteiger partial charge is 0.0654 e. The van der Waals surface area contributed by atoms with E-state index in [-0.39, 0.29) is 0 Å². The summed E-state index contributed by atoms with van der Waals surface area (Å²) in [5.41, 5.74) is 3.29. The van der Waals surface area contributed by atoms with Crippen molar-refractivity contribution < 1.29 is 0 Å². The molecule has 0 amide bonds. The lowest BCUT2D eigenvalue weighted by Crippen LogP contribution is -2.00. The predicted octanol–water partition coefficient (Wildman–Crippen LogP) is 5.08. The van der Waals surface area contributed by atoms with Gasteiger partial charge in [0, 0.05) is 0 Å². The van der Waals surface area contributed by atoms with Crippen molar-refractivity contribution in [2.24, 2.45) is 0 Å². The molecule has 0 spiro atoms. The summed E-state index contributed by atoms with van der Waals surface area (Å²) in [6, 6.07) is 9.13. The number of unbranched alkanes of at least 4 members (excludes halogenated alkanes) is 2. The maximum Gasteiger partial charge on any atom is -0.0159 e. The Morgan fingerprint density at radius 2 is 2.00 bits per heavy atom. The third kappa shape index (κ3) is 2.87. The lowest BCUT2D eigenvalue weighted by molar-refractivity contribution is 0.523. The molecular formula is C16H24. The number of aryl methyl sites for hydroxylation is 1. The van der Waals surface area contributed by atoms with Crippen LogP contribution in [0.4, 0.5) is 0 Å². The van der Waals surface area contributed by atoms with E-state index >= 15 is 0 Å². The number of fused-ring (bicyclic) bond motifs is 1. The van der Waals surface area contributed by atoms with Crippen LogP contribution in [0.2, 0.25) is 0 Å². The van der Waals surface area contributed by atoms with Gasteiger partial charge in [-0.3, -0.25) is 0 Å². The van der Waals surface area contributed by atoms with Crippen LogP contribution in [0.5, 0.6) is 0 Å². The van der Waals surface area contributed by atoms with Gasteiger partial charge in [0.2, 0.25) is 0 Å². The Bertz CT molecular complexity index is 314. The highest BCUT2D eigenvalue weighted by molar-refractivity contribution is 5.31. The van der Waals surface area contributed by atoms with Crippen molar-refractivity contribution in [3.05, 3.63) is 35.4 Å². The molecule has 0 nitrogen and oxygen atoms in total. The van der Waals surface area contributed by atoms with Gasteiger partial charge in [0.25, 0.3) is 0 Å². The van der Waals surface area contributed by atoms with E-state index in [0.29, 0.717) is 0 Å². The summed E-state index contributed by atoms with van der Waals surface area (Å²) in [6.07, 6.45) is 11.1. The molecule has 0 bridgehead atoms. The van der Waals surface area contributed by atoms with Gasteiger partial charge in [-0.2, -0.15) is 0 Å². The van der Waals surface area contributed by atoms with Crippen molar-refractivity contribution in [3.63, 3.8) is 0 Å². The fourth-order valence-corrected chi connectivity index (χ4v) is 2.96. The third-order valence-electron chi connectivity index (χ3n) is 3.90. The van der Waals surface area contributed by atoms with E-state index in [9.17, 15) is 0 Å². The Labute approximate surface area is 100 Å². The summed E-state index contributed by atoms with van der Waals surface area (Å²) in [7, 11) is 0. The van der Waals surface area contributed by atoms with E-state index < -0.39 is 0 Å². The van der Waals surface area contributed by atoms with Crippen LogP contribution in [-0.4, -0.2) is 0 Å². The fraction of sp³-hybridized carbons (Fsp3) is 0.625. The van der Waals surface area contributed by atoms with E-state index in [1.165, 1.54) is 51.4 Å². The number of hydrogen-bond acceptors (Lipinski definition) is 0. The van der Waals surface area contributed by atoms with Gasteiger partial charge in [-0.25, -0.2) is 0 Å². The average Bonchev–Trinajstić information content (AvgIpc) is 2.52. The molecule has 1 aliphatic carbocycles. The summed E-state index contributed by atoms with van der Waals surface area (Å²) < 4.78 is 0. The molecule has 1 aromatic carbocycles. The van der Waals surface area contributed by atoms with E-state index in [0.717, 1.165) is 5.92 Å². The molecule has 1 unspecified atom stereocenters. The second-order valence-electron chi connectivity index (χ2n) is 5.14. The lowest BCUT2D eigenvalue weighted by atomic mass is 9.88. The Hall–Kier alpha value is -0.780. The first-order valence-electron chi connectivity index (χ1n) is 6.99. The van der Waals surface area contributed by atoms with Crippen molar-refractivity contribution in [1.29, 1.82) is 0 Å². The summed E-state index contributed by atoms with van der Waals surface area (Å²) >= 11 is 0. The molecule has 1 atom stereocenters. The van der Waals surface area contributed by atoms with Crippen LogP contribution in [0.3, 0.4) is 0 Å².